The average Bonchev–Trinajstić information content (AvgIpc) is 2.95. The first-order valence-corrected chi connectivity index (χ1v) is 8.73. The molecule has 1 aromatic heterocycles. The van der Waals surface area contributed by atoms with E-state index >= 15 is 0 Å². The second-order valence-electron chi connectivity index (χ2n) is 5.55. The Morgan fingerprint density at radius 2 is 1.88 bits per heavy atom. The van der Waals surface area contributed by atoms with E-state index in [9.17, 15) is 13.2 Å². The van der Waals surface area contributed by atoms with Crippen LogP contribution in [0.15, 0.2) is 41.4 Å². The Morgan fingerprint density at radius 3 is 2.42 bits per heavy atom. The van der Waals surface area contributed by atoms with E-state index in [1.165, 1.54) is 23.9 Å². The molecule has 1 heterocycles. The number of hydrogen-bond donors (Lipinski definition) is 1. The number of methoxy groups -OCH3 is 1. The third kappa shape index (κ3) is 3.95. The number of esters is 1. The molecule has 0 aliphatic heterocycles. The molecule has 0 bridgehead atoms. The van der Waals surface area contributed by atoms with E-state index in [1.807, 2.05) is 43.3 Å². The number of hydrogen-bond acceptors (Lipinski definition) is 5. The monoisotopic (exact) mass is 351 g/mol. The summed E-state index contributed by atoms with van der Waals surface area (Å²) < 4.78 is 33.3. The Morgan fingerprint density at radius 1 is 1.25 bits per heavy atom. The van der Waals surface area contributed by atoms with Crippen molar-refractivity contribution < 1.29 is 17.9 Å². The van der Waals surface area contributed by atoms with E-state index in [-0.39, 0.29) is 17.1 Å². The standard InChI is InChI=1S/C16H21N3O4S/c1-18(2)13-7-5-12(6-8-13)10-17-24(21,22)14-9-15(16(20)23-4)19(3)11-14/h5-9,11,17H,10H2,1-4H3. The molecule has 24 heavy (non-hydrogen) atoms. The van der Waals surface area contributed by atoms with E-state index in [1.54, 1.807) is 7.05 Å². The molecule has 0 spiro atoms. The first kappa shape index (κ1) is 18.0. The van der Waals surface area contributed by atoms with Crippen LogP contribution in [0.2, 0.25) is 0 Å². The molecule has 8 heteroatoms. The van der Waals surface area contributed by atoms with Crippen LogP contribution in [0.5, 0.6) is 0 Å². The van der Waals surface area contributed by atoms with E-state index in [0.717, 1.165) is 11.3 Å². The van der Waals surface area contributed by atoms with Crippen molar-refractivity contribution in [3.63, 3.8) is 0 Å². The number of carbonyl (C=O) groups is 1. The van der Waals surface area contributed by atoms with Crippen molar-refractivity contribution in [2.75, 3.05) is 26.1 Å². The van der Waals surface area contributed by atoms with Gasteiger partial charge in [0.2, 0.25) is 10.0 Å². The summed E-state index contributed by atoms with van der Waals surface area (Å²) in [4.78, 5) is 13.6. The minimum absolute atomic E-state index is 0.0234. The molecule has 130 valence electrons. The van der Waals surface area contributed by atoms with Crippen molar-refractivity contribution in [1.82, 2.24) is 9.29 Å². The number of benzene rings is 1. The van der Waals surface area contributed by atoms with Gasteiger partial charge in [0.05, 0.1) is 7.11 Å². The summed E-state index contributed by atoms with van der Waals surface area (Å²) in [6, 6.07) is 8.86. The van der Waals surface area contributed by atoms with Crippen LogP contribution in [0.25, 0.3) is 0 Å². The van der Waals surface area contributed by atoms with Gasteiger partial charge in [-0.15, -0.1) is 0 Å². The number of nitrogens with zero attached hydrogens (tertiary/aromatic N) is 2. The second kappa shape index (κ2) is 7.06. The van der Waals surface area contributed by atoms with E-state index in [2.05, 4.69) is 9.46 Å². The molecule has 0 atom stereocenters. The van der Waals surface area contributed by atoms with Gasteiger partial charge in [-0.05, 0) is 23.8 Å². The van der Waals surface area contributed by atoms with Crippen molar-refractivity contribution >= 4 is 21.7 Å². The Bertz CT molecular complexity index is 824. The van der Waals surface area contributed by atoms with Crippen molar-refractivity contribution in [3.05, 3.63) is 47.8 Å². The molecule has 0 radical (unpaired) electrons. The van der Waals surface area contributed by atoms with Crippen LogP contribution >= 0.6 is 0 Å². The lowest BCUT2D eigenvalue weighted by molar-refractivity contribution is 0.0590. The number of nitrogens with one attached hydrogen (secondary N) is 1. The molecule has 0 aliphatic carbocycles. The topological polar surface area (TPSA) is 80.6 Å². The molecule has 1 N–H and O–H groups in total. The van der Waals surface area contributed by atoms with Gasteiger partial charge < -0.3 is 14.2 Å². The number of carbonyl (C=O) groups excluding carboxylic acids is 1. The molecule has 0 unspecified atom stereocenters. The van der Waals surface area contributed by atoms with Crippen LogP contribution in [-0.4, -0.2) is 40.2 Å². The summed E-state index contributed by atoms with van der Waals surface area (Å²) in [6.07, 6.45) is 1.38. The average molecular weight is 351 g/mol. The Labute approximate surface area is 141 Å². The maximum absolute atomic E-state index is 12.4. The minimum atomic E-state index is -3.72. The van der Waals surface area contributed by atoms with Gasteiger partial charge in [-0.25, -0.2) is 17.9 Å². The summed E-state index contributed by atoms with van der Waals surface area (Å²) in [5, 5.41) is 0. The first-order valence-electron chi connectivity index (χ1n) is 7.25. The lowest BCUT2D eigenvalue weighted by atomic mass is 10.2. The molecule has 0 saturated carbocycles. The fourth-order valence-electron chi connectivity index (χ4n) is 2.16. The maximum atomic E-state index is 12.4. The van der Waals surface area contributed by atoms with Gasteiger partial charge in [0.25, 0.3) is 0 Å². The summed E-state index contributed by atoms with van der Waals surface area (Å²) >= 11 is 0. The molecule has 0 amide bonds. The number of anilines is 1. The Kier molecular flexibility index (Phi) is 5.30. The number of rotatable bonds is 6. The van der Waals surface area contributed by atoms with Crippen molar-refractivity contribution in [3.8, 4) is 0 Å². The van der Waals surface area contributed by atoms with Gasteiger partial charge in [-0.1, -0.05) is 12.1 Å². The van der Waals surface area contributed by atoms with Gasteiger partial charge in [0.1, 0.15) is 10.6 Å². The van der Waals surface area contributed by atoms with Gasteiger partial charge in [-0.2, -0.15) is 0 Å². The summed E-state index contributed by atoms with van der Waals surface area (Å²) in [5.41, 5.74) is 2.05. The Hall–Kier alpha value is -2.32. The van der Waals surface area contributed by atoms with E-state index < -0.39 is 16.0 Å². The number of aryl methyl sites for hydroxylation is 1. The van der Waals surface area contributed by atoms with Gasteiger partial charge in [0, 0.05) is 39.6 Å². The van der Waals surface area contributed by atoms with E-state index in [4.69, 9.17) is 0 Å². The molecule has 0 fully saturated rings. The summed E-state index contributed by atoms with van der Waals surface area (Å²) in [7, 11) is 2.99. The highest BCUT2D eigenvalue weighted by molar-refractivity contribution is 7.89. The smallest absolute Gasteiger partial charge is 0.354 e. The third-order valence-electron chi connectivity index (χ3n) is 3.60. The quantitative estimate of drug-likeness (QED) is 0.795. The van der Waals surface area contributed by atoms with Gasteiger partial charge in [-0.3, -0.25) is 0 Å². The molecule has 2 rings (SSSR count). The predicted octanol–water partition coefficient (Wildman–Crippen LogP) is 1.36. The fourth-order valence-corrected chi connectivity index (χ4v) is 3.25. The lowest BCUT2D eigenvalue weighted by Crippen LogP contribution is -2.23. The van der Waals surface area contributed by atoms with Gasteiger partial charge >= 0.3 is 5.97 Å². The normalized spacial score (nSPS) is 11.3. The van der Waals surface area contributed by atoms with Crippen molar-refractivity contribution in [2.24, 2.45) is 7.05 Å². The molecule has 7 nitrogen and oxygen atoms in total. The maximum Gasteiger partial charge on any atom is 0.354 e. The van der Waals surface area contributed by atoms with Crippen LogP contribution in [0.4, 0.5) is 5.69 Å². The Balaban J connectivity index is 2.12. The van der Waals surface area contributed by atoms with Crippen LogP contribution in [0.3, 0.4) is 0 Å². The number of ether oxygens (including phenoxy) is 1. The molecular formula is C16H21N3O4S. The van der Waals surface area contributed by atoms with Crippen molar-refractivity contribution in [2.45, 2.75) is 11.4 Å². The molecular weight excluding hydrogens is 330 g/mol. The highest BCUT2D eigenvalue weighted by Crippen LogP contribution is 2.16. The van der Waals surface area contributed by atoms with Crippen LogP contribution in [0, 0.1) is 0 Å². The van der Waals surface area contributed by atoms with E-state index in [0.29, 0.717) is 0 Å². The second-order valence-corrected chi connectivity index (χ2v) is 7.32. The zero-order valence-electron chi connectivity index (χ0n) is 14.1. The van der Waals surface area contributed by atoms with Gasteiger partial charge in [0.15, 0.2) is 0 Å². The molecule has 2 aromatic rings. The summed E-state index contributed by atoms with van der Waals surface area (Å²) in [6.45, 7) is 0.165. The fraction of sp³-hybridized carbons (Fsp3) is 0.312. The van der Waals surface area contributed by atoms with Crippen LogP contribution in [-0.2, 0) is 28.4 Å². The van der Waals surface area contributed by atoms with Crippen LogP contribution < -0.4 is 9.62 Å². The highest BCUT2D eigenvalue weighted by atomic mass is 32.2. The SMILES string of the molecule is COC(=O)c1cc(S(=O)(=O)NCc2ccc(N(C)C)cc2)cn1C. The lowest BCUT2D eigenvalue weighted by Gasteiger charge is -2.12. The number of aromatic nitrogens is 1. The summed E-state index contributed by atoms with van der Waals surface area (Å²) in [5.74, 6) is -0.585. The largest absolute Gasteiger partial charge is 0.464 e. The molecule has 0 aliphatic rings. The molecule has 1 aromatic carbocycles. The minimum Gasteiger partial charge on any atom is -0.464 e. The first-order chi connectivity index (χ1) is 11.2. The molecule has 0 saturated heterocycles. The zero-order chi connectivity index (χ0) is 17.9. The highest BCUT2D eigenvalue weighted by Gasteiger charge is 2.20. The zero-order valence-corrected chi connectivity index (χ0v) is 14.9. The number of sulfonamides is 1. The van der Waals surface area contributed by atoms with Crippen molar-refractivity contribution in [1.29, 1.82) is 0 Å². The predicted molar refractivity (Wildman–Crippen MR) is 91.5 cm³/mol. The van der Waals surface area contributed by atoms with Crippen LogP contribution in [0.1, 0.15) is 16.1 Å². The third-order valence-corrected chi connectivity index (χ3v) is 4.97.